The van der Waals surface area contributed by atoms with Crippen LogP contribution in [-0.2, 0) is 9.53 Å². The molecule has 1 fully saturated rings. The summed E-state index contributed by atoms with van der Waals surface area (Å²) in [5, 5.41) is 3.39. The van der Waals surface area contributed by atoms with Crippen molar-refractivity contribution in [3.63, 3.8) is 0 Å². The highest BCUT2D eigenvalue weighted by Crippen LogP contribution is 2.08. The lowest BCUT2D eigenvalue weighted by Gasteiger charge is -2.30. The molecule has 4 heteroatoms. The Kier molecular flexibility index (Phi) is 4.90. The number of nitrogens with one attached hydrogen (secondary N) is 1. The highest BCUT2D eigenvalue weighted by atomic mass is 16.5. The lowest BCUT2D eigenvalue weighted by molar-refractivity contribution is -0.132. The van der Waals surface area contributed by atoms with Crippen molar-refractivity contribution in [2.45, 2.75) is 25.8 Å². The van der Waals surface area contributed by atoms with Gasteiger partial charge in [0.25, 0.3) is 0 Å². The zero-order valence-corrected chi connectivity index (χ0v) is 9.08. The SMILES string of the molecule is CCOCCNC1CCC(=O)N(C)C1. The third kappa shape index (κ3) is 3.64. The third-order valence-corrected chi connectivity index (χ3v) is 2.51. The molecule has 14 heavy (non-hydrogen) atoms. The molecule has 0 radical (unpaired) electrons. The van der Waals surface area contributed by atoms with Crippen LogP contribution in [-0.4, -0.2) is 50.2 Å². The molecule has 0 saturated carbocycles. The van der Waals surface area contributed by atoms with E-state index in [0.29, 0.717) is 12.5 Å². The number of hydrogen-bond donors (Lipinski definition) is 1. The number of amides is 1. The normalized spacial score (nSPS) is 22.9. The molecule has 1 rings (SSSR count). The molecule has 0 aromatic heterocycles. The molecule has 1 heterocycles. The average molecular weight is 200 g/mol. The molecule has 0 aromatic rings. The number of piperidine rings is 1. The van der Waals surface area contributed by atoms with Crippen LogP contribution in [0, 0.1) is 0 Å². The first-order valence-corrected chi connectivity index (χ1v) is 5.29. The van der Waals surface area contributed by atoms with Crippen molar-refractivity contribution in [3.05, 3.63) is 0 Å². The molecular formula is C10H20N2O2. The second kappa shape index (κ2) is 5.98. The first kappa shape index (κ1) is 11.5. The molecule has 1 aliphatic heterocycles. The third-order valence-electron chi connectivity index (χ3n) is 2.51. The van der Waals surface area contributed by atoms with E-state index in [4.69, 9.17) is 4.74 Å². The molecule has 1 unspecified atom stereocenters. The van der Waals surface area contributed by atoms with Crippen LogP contribution in [0.25, 0.3) is 0 Å². The van der Waals surface area contributed by atoms with Crippen LogP contribution in [0.3, 0.4) is 0 Å². The van der Waals surface area contributed by atoms with Gasteiger partial charge in [0.1, 0.15) is 0 Å². The fourth-order valence-electron chi connectivity index (χ4n) is 1.66. The molecule has 4 nitrogen and oxygen atoms in total. The van der Waals surface area contributed by atoms with Gasteiger partial charge in [0.05, 0.1) is 6.61 Å². The van der Waals surface area contributed by atoms with E-state index in [9.17, 15) is 4.79 Å². The summed E-state index contributed by atoms with van der Waals surface area (Å²) in [5.41, 5.74) is 0. The lowest BCUT2D eigenvalue weighted by atomic mass is 10.1. The number of carbonyl (C=O) groups is 1. The number of hydrogen-bond acceptors (Lipinski definition) is 3. The van der Waals surface area contributed by atoms with Gasteiger partial charge >= 0.3 is 0 Å². The van der Waals surface area contributed by atoms with Gasteiger partial charge in [0.15, 0.2) is 0 Å². The van der Waals surface area contributed by atoms with E-state index in [-0.39, 0.29) is 5.91 Å². The van der Waals surface area contributed by atoms with E-state index < -0.39 is 0 Å². The molecule has 0 spiro atoms. The van der Waals surface area contributed by atoms with Crippen molar-refractivity contribution in [3.8, 4) is 0 Å². The predicted octanol–water partition coefficient (Wildman–Crippen LogP) is 0.233. The molecule has 0 aliphatic carbocycles. The summed E-state index contributed by atoms with van der Waals surface area (Å²) in [4.78, 5) is 13.0. The zero-order chi connectivity index (χ0) is 10.4. The highest BCUT2D eigenvalue weighted by Gasteiger charge is 2.21. The van der Waals surface area contributed by atoms with Gasteiger partial charge in [-0.3, -0.25) is 4.79 Å². The van der Waals surface area contributed by atoms with Crippen molar-refractivity contribution in [2.24, 2.45) is 0 Å². The number of nitrogens with zero attached hydrogens (tertiary/aromatic N) is 1. The molecule has 0 bridgehead atoms. The maximum absolute atomic E-state index is 11.2. The Balaban J connectivity index is 2.10. The van der Waals surface area contributed by atoms with E-state index in [0.717, 1.165) is 32.7 Å². The first-order chi connectivity index (χ1) is 6.74. The molecule has 0 aromatic carbocycles. The smallest absolute Gasteiger partial charge is 0.222 e. The van der Waals surface area contributed by atoms with Crippen LogP contribution in [0.2, 0.25) is 0 Å². The van der Waals surface area contributed by atoms with Crippen molar-refractivity contribution in [2.75, 3.05) is 33.4 Å². The van der Waals surface area contributed by atoms with Gasteiger partial charge in [-0.2, -0.15) is 0 Å². The number of likely N-dealkylation sites (tertiary alicyclic amines) is 1. The van der Waals surface area contributed by atoms with Gasteiger partial charge in [0.2, 0.25) is 5.91 Å². The molecule has 82 valence electrons. The number of rotatable bonds is 5. The molecular weight excluding hydrogens is 180 g/mol. The Morgan fingerprint density at radius 3 is 3.07 bits per heavy atom. The van der Waals surface area contributed by atoms with Crippen LogP contribution in [0.5, 0.6) is 0 Å². The van der Waals surface area contributed by atoms with Crippen molar-refractivity contribution >= 4 is 5.91 Å². The van der Waals surface area contributed by atoms with E-state index in [2.05, 4.69) is 5.32 Å². The maximum Gasteiger partial charge on any atom is 0.222 e. The summed E-state index contributed by atoms with van der Waals surface area (Å²) in [6, 6.07) is 0.443. The Morgan fingerprint density at radius 2 is 2.43 bits per heavy atom. The predicted molar refractivity (Wildman–Crippen MR) is 55.2 cm³/mol. The molecule has 1 aliphatic rings. The lowest BCUT2D eigenvalue weighted by Crippen LogP contribution is -2.47. The molecule has 1 saturated heterocycles. The van der Waals surface area contributed by atoms with E-state index >= 15 is 0 Å². The van der Waals surface area contributed by atoms with Crippen molar-refractivity contribution in [1.82, 2.24) is 10.2 Å². The minimum absolute atomic E-state index is 0.257. The van der Waals surface area contributed by atoms with Crippen molar-refractivity contribution < 1.29 is 9.53 Å². The van der Waals surface area contributed by atoms with Gasteiger partial charge in [-0.05, 0) is 13.3 Å². The Labute approximate surface area is 85.6 Å². The second-order valence-corrected chi connectivity index (χ2v) is 3.66. The number of carbonyl (C=O) groups excluding carboxylic acids is 1. The maximum atomic E-state index is 11.2. The van der Waals surface area contributed by atoms with Gasteiger partial charge in [-0.25, -0.2) is 0 Å². The number of ether oxygens (including phenoxy) is 1. The number of likely N-dealkylation sites (N-methyl/N-ethyl adjacent to an activating group) is 1. The second-order valence-electron chi connectivity index (χ2n) is 3.66. The quantitative estimate of drug-likeness (QED) is 0.646. The Hall–Kier alpha value is -0.610. The van der Waals surface area contributed by atoms with Gasteiger partial charge in [-0.15, -0.1) is 0 Å². The molecule has 1 N–H and O–H groups in total. The summed E-state index contributed by atoms with van der Waals surface area (Å²) in [6.45, 7) is 5.22. The highest BCUT2D eigenvalue weighted by molar-refractivity contribution is 5.76. The van der Waals surface area contributed by atoms with Crippen molar-refractivity contribution in [1.29, 1.82) is 0 Å². The summed E-state index contributed by atoms with van der Waals surface area (Å²) < 4.78 is 5.23. The van der Waals surface area contributed by atoms with Crippen LogP contribution < -0.4 is 5.32 Å². The minimum atomic E-state index is 0.257. The largest absolute Gasteiger partial charge is 0.380 e. The van der Waals surface area contributed by atoms with Crippen LogP contribution >= 0.6 is 0 Å². The monoisotopic (exact) mass is 200 g/mol. The first-order valence-electron chi connectivity index (χ1n) is 5.29. The molecule has 1 amide bonds. The van der Waals surface area contributed by atoms with Gasteiger partial charge < -0.3 is 15.0 Å². The van der Waals surface area contributed by atoms with Gasteiger partial charge in [0, 0.05) is 39.2 Å². The standard InChI is InChI=1S/C10H20N2O2/c1-3-14-7-6-11-9-4-5-10(13)12(2)8-9/h9,11H,3-8H2,1-2H3. The van der Waals surface area contributed by atoms with Gasteiger partial charge in [-0.1, -0.05) is 0 Å². The summed E-state index contributed by atoms with van der Waals surface area (Å²) in [6.07, 6.45) is 1.62. The topological polar surface area (TPSA) is 41.6 Å². The van der Waals surface area contributed by atoms with E-state index in [1.54, 1.807) is 4.90 Å². The fraction of sp³-hybridized carbons (Fsp3) is 0.900. The summed E-state index contributed by atoms with van der Waals surface area (Å²) in [7, 11) is 1.86. The zero-order valence-electron chi connectivity index (χ0n) is 9.08. The van der Waals surface area contributed by atoms with Crippen LogP contribution in [0.4, 0.5) is 0 Å². The molecule has 1 atom stereocenters. The minimum Gasteiger partial charge on any atom is -0.380 e. The van der Waals surface area contributed by atoms with E-state index in [1.807, 2.05) is 14.0 Å². The Morgan fingerprint density at radius 1 is 1.64 bits per heavy atom. The Bertz CT molecular complexity index is 185. The van der Waals surface area contributed by atoms with E-state index in [1.165, 1.54) is 0 Å². The summed E-state index contributed by atoms with van der Waals surface area (Å²) >= 11 is 0. The van der Waals surface area contributed by atoms with Crippen LogP contribution in [0.1, 0.15) is 19.8 Å². The fourth-order valence-corrected chi connectivity index (χ4v) is 1.66. The summed E-state index contributed by atoms with van der Waals surface area (Å²) in [5.74, 6) is 0.257. The van der Waals surface area contributed by atoms with Crippen LogP contribution in [0.15, 0.2) is 0 Å². The average Bonchev–Trinajstić information content (AvgIpc) is 2.18.